The molecule has 0 radical (unpaired) electrons. The van der Waals surface area contributed by atoms with E-state index in [1.807, 2.05) is 6.92 Å². The lowest BCUT2D eigenvalue weighted by Crippen LogP contribution is -2.39. The smallest absolute Gasteiger partial charge is 0.264 e. The van der Waals surface area contributed by atoms with Crippen LogP contribution in [0.3, 0.4) is 0 Å². The Labute approximate surface area is 193 Å². The molecule has 0 aromatic heterocycles. The number of carbonyl (C=O) groups is 1. The highest BCUT2D eigenvalue weighted by Crippen LogP contribution is 2.29. The summed E-state index contributed by atoms with van der Waals surface area (Å²) in [7, 11) is -0.952. The molecule has 0 aliphatic heterocycles. The Morgan fingerprint density at radius 1 is 0.970 bits per heavy atom. The van der Waals surface area contributed by atoms with Gasteiger partial charge < -0.3 is 9.47 Å². The highest BCUT2D eigenvalue weighted by molar-refractivity contribution is 7.92. The Morgan fingerprint density at radius 2 is 1.67 bits per heavy atom. The van der Waals surface area contributed by atoms with Gasteiger partial charge in [-0.2, -0.15) is 5.10 Å². The minimum absolute atomic E-state index is 0.0861. The zero-order valence-electron chi connectivity index (χ0n) is 18.6. The molecule has 1 amide bonds. The predicted molar refractivity (Wildman–Crippen MR) is 127 cm³/mol. The Bertz CT molecular complexity index is 1230. The molecule has 9 heteroatoms. The molecule has 0 heterocycles. The lowest BCUT2D eigenvalue weighted by Gasteiger charge is -2.23. The Hall–Kier alpha value is -3.85. The lowest BCUT2D eigenvalue weighted by molar-refractivity contribution is -0.119. The van der Waals surface area contributed by atoms with Gasteiger partial charge in [-0.1, -0.05) is 42.0 Å². The number of nitrogens with zero attached hydrogens (tertiary/aromatic N) is 2. The molecule has 8 nitrogen and oxygen atoms in total. The van der Waals surface area contributed by atoms with Crippen LogP contribution >= 0.6 is 0 Å². The number of anilines is 1. The first kappa shape index (κ1) is 23.8. The van der Waals surface area contributed by atoms with Crippen molar-refractivity contribution in [2.75, 3.05) is 25.1 Å². The molecule has 0 saturated carbocycles. The molecule has 0 saturated heterocycles. The summed E-state index contributed by atoms with van der Waals surface area (Å²) in [6.45, 7) is 1.45. The second kappa shape index (κ2) is 10.6. The molecule has 0 bridgehead atoms. The fraction of sp³-hybridized carbons (Fsp3) is 0.167. The number of hydrazone groups is 1. The standard InChI is InChI=1S/C24H25N3O5S/c1-18-12-14-20(15-13-18)27(33(29,30)21-9-5-4-6-10-21)17-23(28)26-25-16-19-8-7-11-22(31-2)24(19)32-3/h4-16H,17H2,1-3H3,(H,26,28)/b25-16-. The molecule has 172 valence electrons. The number of para-hydroxylation sites is 1. The Kier molecular flexibility index (Phi) is 7.68. The van der Waals surface area contributed by atoms with Crippen molar-refractivity contribution in [3.05, 3.63) is 83.9 Å². The number of benzene rings is 3. The number of hydrogen-bond donors (Lipinski definition) is 1. The minimum atomic E-state index is -3.97. The molecule has 3 rings (SSSR count). The van der Waals surface area contributed by atoms with Crippen molar-refractivity contribution in [1.82, 2.24) is 5.43 Å². The minimum Gasteiger partial charge on any atom is -0.493 e. The van der Waals surface area contributed by atoms with Crippen LogP contribution in [0.25, 0.3) is 0 Å². The number of hydrogen-bond acceptors (Lipinski definition) is 6. The zero-order chi connectivity index (χ0) is 23.8. The fourth-order valence-corrected chi connectivity index (χ4v) is 4.54. The number of ether oxygens (including phenoxy) is 2. The molecule has 33 heavy (non-hydrogen) atoms. The molecule has 3 aromatic carbocycles. The third-order valence-corrected chi connectivity index (χ3v) is 6.55. The first-order valence-corrected chi connectivity index (χ1v) is 11.5. The van der Waals surface area contributed by atoms with E-state index >= 15 is 0 Å². The van der Waals surface area contributed by atoms with Gasteiger partial charge in [-0.25, -0.2) is 13.8 Å². The van der Waals surface area contributed by atoms with Crippen LogP contribution in [0.5, 0.6) is 11.5 Å². The van der Waals surface area contributed by atoms with Gasteiger partial charge in [0.1, 0.15) is 6.54 Å². The summed E-state index contributed by atoms with van der Waals surface area (Å²) in [4.78, 5) is 12.7. The third kappa shape index (κ3) is 5.69. The van der Waals surface area contributed by atoms with Crippen LogP contribution in [0.15, 0.2) is 82.8 Å². The predicted octanol–water partition coefficient (Wildman–Crippen LogP) is 3.36. The van der Waals surface area contributed by atoms with Crippen LogP contribution in [-0.4, -0.2) is 41.3 Å². The van der Waals surface area contributed by atoms with Crippen molar-refractivity contribution in [3.8, 4) is 11.5 Å². The van der Waals surface area contributed by atoms with Gasteiger partial charge in [0.15, 0.2) is 11.5 Å². The van der Waals surface area contributed by atoms with Gasteiger partial charge in [-0.3, -0.25) is 9.10 Å². The van der Waals surface area contributed by atoms with Crippen LogP contribution in [-0.2, 0) is 14.8 Å². The van der Waals surface area contributed by atoms with Crippen LogP contribution < -0.4 is 19.2 Å². The zero-order valence-corrected chi connectivity index (χ0v) is 19.4. The number of aryl methyl sites for hydroxylation is 1. The largest absolute Gasteiger partial charge is 0.493 e. The van der Waals surface area contributed by atoms with E-state index in [-0.39, 0.29) is 4.90 Å². The van der Waals surface area contributed by atoms with Gasteiger partial charge in [0, 0.05) is 5.56 Å². The molecular weight excluding hydrogens is 442 g/mol. The maximum Gasteiger partial charge on any atom is 0.264 e. The van der Waals surface area contributed by atoms with E-state index in [2.05, 4.69) is 10.5 Å². The second-order valence-electron chi connectivity index (χ2n) is 7.04. The molecule has 0 atom stereocenters. The summed E-state index contributed by atoms with van der Waals surface area (Å²) < 4.78 is 38.2. The van der Waals surface area contributed by atoms with Gasteiger partial charge in [0.2, 0.25) is 0 Å². The fourth-order valence-electron chi connectivity index (χ4n) is 3.10. The van der Waals surface area contributed by atoms with Gasteiger partial charge in [0.05, 0.1) is 31.0 Å². The van der Waals surface area contributed by atoms with E-state index in [4.69, 9.17) is 9.47 Å². The molecule has 0 aliphatic carbocycles. The summed E-state index contributed by atoms with van der Waals surface area (Å²) in [6.07, 6.45) is 1.40. The summed E-state index contributed by atoms with van der Waals surface area (Å²) >= 11 is 0. The SMILES string of the molecule is COc1cccc(/C=N\NC(=O)CN(c2ccc(C)cc2)S(=O)(=O)c2ccccc2)c1OC. The molecule has 1 N–H and O–H groups in total. The van der Waals surface area contributed by atoms with Crippen LogP contribution in [0.4, 0.5) is 5.69 Å². The first-order chi connectivity index (χ1) is 15.9. The molecule has 0 fully saturated rings. The molecule has 3 aromatic rings. The summed E-state index contributed by atoms with van der Waals surface area (Å²) in [5.74, 6) is 0.381. The van der Waals surface area contributed by atoms with Crippen molar-refractivity contribution < 1.29 is 22.7 Å². The van der Waals surface area contributed by atoms with Gasteiger partial charge in [-0.05, 0) is 43.3 Å². The maximum atomic E-state index is 13.3. The van der Waals surface area contributed by atoms with Crippen LogP contribution in [0.2, 0.25) is 0 Å². The van der Waals surface area contributed by atoms with Crippen molar-refractivity contribution in [2.24, 2.45) is 5.10 Å². The van der Waals surface area contributed by atoms with E-state index in [1.54, 1.807) is 60.7 Å². The quantitative estimate of drug-likeness (QED) is 0.384. The number of methoxy groups -OCH3 is 2. The van der Waals surface area contributed by atoms with Crippen LogP contribution in [0, 0.1) is 6.92 Å². The second-order valence-corrected chi connectivity index (χ2v) is 8.90. The van der Waals surface area contributed by atoms with E-state index in [1.165, 1.54) is 32.6 Å². The average Bonchev–Trinajstić information content (AvgIpc) is 2.83. The molecule has 0 aliphatic rings. The Balaban J connectivity index is 1.83. The first-order valence-electron chi connectivity index (χ1n) is 10.0. The summed E-state index contributed by atoms with van der Waals surface area (Å²) in [5, 5.41) is 3.96. The number of carbonyl (C=O) groups excluding carboxylic acids is 1. The highest BCUT2D eigenvalue weighted by Gasteiger charge is 2.27. The van der Waals surface area contributed by atoms with Crippen molar-refractivity contribution >= 4 is 27.8 Å². The van der Waals surface area contributed by atoms with E-state index in [0.717, 1.165) is 9.87 Å². The van der Waals surface area contributed by atoms with Gasteiger partial charge in [0.25, 0.3) is 15.9 Å². The average molecular weight is 468 g/mol. The Morgan fingerprint density at radius 3 is 2.30 bits per heavy atom. The number of nitrogens with one attached hydrogen (secondary N) is 1. The molecule has 0 unspecified atom stereocenters. The molecular formula is C24H25N3O5S. The van der Waals surface area contributed by atoms with Gasteiger partial charge >= 0.3 is 0 Å². The van der Waals surface area contributed by atoms with Crippen molar-refractivity contribution in [1.29, 1.82) is 0 Å². The monoisotopic (exact) mass is 467 g/mol. The third-order valence-electron chi connectivity index (χ3n) is 4.77. The topological polar surface area (TPSA) is 97.3 Å². The summed E-state index contributed by atoms with van der Waals surface area (Å²) in [6, 6.07) is 20.1. The highest BCUT2D eigenvalue weighted by atomic mass is 32.2. The maximum absolute atomic E-state index is 13.3. The molecule has 0 spiro atoms. The van der Waals surface area contributed by atoms with E-state index < -0.39 is 22.5 Å². The van der Waals surface area contributed by atoms with Crippen LogP contribution in [0.1, 0.15) is 11.1 Å². The number of sulfonamides is 1. The van der Waals surface area contributed by atoms with E-state index in [9.17, 15) is 13.2 Å². The van der Waals surface area contributed by atoms with Crippen molar-refractivity contribution in [2.45, 2.75) is 11.8 Å². The van der Waals surface area contributed by atoms with Crippen molar-refractivity contribution in [3.63, 3.8) is 0 Å². The normalized spacial score (nSPS) is 11.2. The number of rotatable bonds is 9. The van der Waals surface area contributed by atoms with E-state index in [0.29, 0.717) is 22.7 Å². The number of amides is 1. The lowest BCUT2D eigenvalue weighted by atomic mass is 10.2. The summed E-state index contributed by atoms with van der Waals surface area (Å²) in [5.41, 5.74) is 4.31. The van der Waals surface area contributed by atoms with Gasteiger partial charge in [-0.15, -0.1) is 0 Å².